The number of halogens is 3. The highest BCUT2D eigenvalue weighted by Crippen LogP contribution is 2.43. The Morgan fingerprint density at radius 1 is 0.971 bits per heavy atom. The van der Waals surface area contributed by atoms with Crippen molar-refractivity contribution in [2.75, 3.05) is 5.32 Å². The Balaban J connectivity index is 1.59. The van der Waals surface area contributed by atoms with Crippen molar-refractivity contribution >= 4 is 44.0 Å². The van der Waals surface area contributed by atoms with Crippen LogP contribution in [-0.4, -0.2) is 19.4 Å². The van der Waals surface area contributed by atoms with Crippen LogP contribution in [0.4, 0.5) is 14.5 Å². The molecule has 0 atom stereocenters. The highest BCUT2D eigenvalue weighted by Gasteiger charge is 2.31. The summed E-state index contributed by atoms with van der Waals surface area (Å²) in [6, 6.07) is 15.3. The number of guanidine groups is 1. The van der Waals surface area contributed by atoms with Crippen LogP contribution in [0.2, 0.25) is 5.02 Å². The number of ether oxygens (including phenoxy) is 1. The number of anilines is 1. The second kappa shape index (κ2) is 8.54. The first-order chi connectivity index (χ1) is 16.3. The minimum atomic E-state index is -4.13. The lowest BCUT2D eigenvalue weighted by molar-refractivity contribution is 0.447. The van der Waals surface area contributed by atoms with Crippen LogP contribution in [-0.2, 0) is 16.6 Å². The van der Waals surface area contributed by atoms with Gasteiger partial charge in [0, 0.05) is 11.6 Å². The molecular weight excluding hydrogens is 486 g/mol. The summed E-state index contributed by atoms with van der Waals surface area (Å²) < 4.78 is 62.6. The maximum atomic E-state index is 15.0. The van der Waals surface area contributed by atoms with Gasteiger partial charge in [0.15, 0.2) is 17.3 Å². The summed E-state index contributed by atoms with van der Waals surface area (Å²) in [5.41, 5.74) is -0.150. The number of rotatable bonds is 4. The maximum Gasteiger partial charge on any atom is 0.266 e. The van der Waals surface area contributed by atoms with Gasteiger partial charge in [-0.2, -0.15) is 0 Å². The minimum absolute atomic E-state index is 0.0139. The fourth-order valence-corrected chi connectivity index (χ4v) is 4.83. The first kappa shape index (κ1) is 22.1. The lowest BCUT2D eigenvalue weighted by Gasteiger charge is -2.24. The van der Waals surface area contributed by atoms with Crippen molar-refractivity contribution in [1.29, 1.82) is 0 Å². The minimum Gasteiger partial charge on any atom is -0.450 e. The summed E-state index contributed by atoms with van der Waals surface area (Å²) in [6.07, 6.45) is 1.39. The van der Waals surface area contributed by atoms with E-state index in [9.17, 15) is 17.2 Å². The molecule has 0 radical (unpaired) electrons. The molecule has 1 aliphatic rings. The van der Waals surface area contributed by atoms with Crippen LogP contribution in [0.5, 0.6) is 11.5 Å². The number of benzene rings is 3. The molecule has 0 saturated carbocycles. The fourth-order valence-electron chi connectivity index (χ4n) is 3.49. The van der Waals surface area contributed by atoms with Gasteiger partial charge in [0.1, 0.15) is 16.4 Å². The summed E-state index contributed by atoms with van der Waals surface area (Å²) >= 11 is 6.34. The third-order valence-corrected chi connectivity index (χ3v) is 6.77. The van der Waals surface area contributed by atoms with Gasteiger partial charge in [-0.15, -0.1) is 0 Å². The van der Waals surface area contributed by atoms with Gasteiger partial charge >= 0.3 is 0 Å². The number of fused-ring (bicyclic) bond motifs is 2. The second-order valence-electron chi connectivity index (χ2n) is 7.28. The van der Waals surface area contributed by atoms with Crippen molar-refractivity contribution in [3.05, 3.63) is 89.2 Å². The second-order valence-corrected chi connectivity index (χ2v) is 9.33. The third kappa shape index (κ3) is 4.02. The number of nitrogens with one attached hydrogen (secondary N) is 2. The molecule has 5 rings (SSSR count). The molecule has 4 aromatic rings. The SMILES string of the molecule is O=S1(=O)NC(=NCc2ncccc2F)Nc2c1ccc(F)c2Oc1c(Cl)ccc2ccccc12. The number of hydrogen-bond acceptors (Lipinski definition) is 5. The molecule has 0 saturated heterocycles. The van der Waals surface area contributed by atoms with Gasteiger partial charge in [-0.05, 0) is 35.7 Å². The van der Waals surface area contributed by atoms with Crippen LogP contribution in [0, 0.1) is 11.6 Å². The molecule has 7 nitrogen and oxygen atoms in total. The zero-order valence-electron chi connectivity index (χ0n) is 17.2. The quantitative estimate of drug-likeness (QED) is 0.401. The average Bonchev–Trinajstić information content (AvgIpc) is 2.81. The van der Waals surface area contributed by atoms with Gasteiger partial charge in [0.25, 0.3) is 10.0 Å². The van der Waals surface area contributed by atoms with Gasteiger partial charge in [0.2, 0.25) is 5.96 Å². The van der Waals surface area contributed by atoms with Crippen LogP contribution < -0.4 is 14.8 Å². The average molecular weight is 501 g/mol. The number of nitrogens with zero attached hydrogens (tertiary/aromatic N) is 2. The van der Waals surface area contributed by atoms with Crippen molar-refractivity contribution < 1.29 is 21.9 Å². The Morgan fingerprint density at radius 2 is 1.79 bits per heavy atom. The molecule has 2 heterocycles. The van der Waals surface area contributed by atoms with Gasteiger partial charge in [0.05, 0.1) is 17.3 Å². The monoisotopic (exact) mass is 500 g/mol. The van der Waals surface area contributed by atoms with E-state index in [0.29, 0.717) is 5.39 Å². The summed E-state index contributed by atoms with van der Waals surface area (Å²) in [5.74, 6) is -1.86. The van der Waals surface area contributed by atoms with Crippen LogP contribution >= 0.6 is 11.6 Å². The van der Waals surface area contributed by atoms with E-state index in [1.54, 1.807) is 24.3 Å². The van der Waals surface area contributed by atoms with E-state index >= 15 is 0 Å². The van der Waals surface area contributed by atoms with Gasteiger partial charge in [-0.1, -0.05) is 41.9 Å². The van der Waals surface area contributed by atoms with Crippen molar-refractivity contribution in [1.82, 2.24) is 9.71 Å². The first-order valence-corrected chi connectivity index (χ1v) is 11.8. The number of hydrogen-bond donors (Lipinski definition) is 2. The highest BCUT2D eigenvalue weighted by molar-refractivity contribution is 7.90. The highest BCUT2D eigenvalue weighted by atomic mass is 35.5. The Kier molecular flexibility index (Phi) is 5.54. The molecule has 0 amide bonds. The lowest BCUT2D eigenvalue weighted by atomic mass is 10.1. The van der Waals surface area contributed by atoms with Crippen LogP contribution in [0.25, 0.3) is 10.8 Å². The Hall–Kier alpha value is -3.76. The molecule has 172 valence electrons. The summed E-state index contributed by atoms with van der Waals surface area (Å²) in [7, 11) is -4.13. The summed E-state index contributed by atoms with van der Waals surface area (Å²) in [5, 5.41) is 4.37. The molecule has 0 fully saturated rings. The van der Waals surface area contributed by atoms with Gasteiger partial charge in [-0.25, -0.2) is 26.9 Å². The number of aliphatic imine (C=N–C) groups is 1. The topological polar surface area (TPSA) is 92.7 Å². The molecule has 34 heavy (non-hydrogen) atoms. The van der Waals surface area contributed by atoms with E-state index in [1.807, 2.05) is 12.1 Å². The van der Waals surface area contributed by atoms with Crippen molar-refractivity contribution in [2.24, 2.45) is 4.99 Å². The smallest absolute Gasteiger partial charge is 0.266 e. The van der Waals surface area contributed by atoms with E-state index in [1.165, 1.54) is 18.3 Å². The molecule has 0 bridgehead atoms. The van der Waals surface area contributed by atoms with Gasteiger partial charge < -0.3 is 10.1 Å². The predicted molar refractivity (Wildman–Crippen MR) is 125 cm³/mol. The normalized spacial score (nSPS) is 15.4. The van der Waals surface area contributed by atoms with Crippen LogP contribution in [0.1, 0.15) is 5.69 Å². The molecule has 0 unspecified atom stereocenters. The molecule has 0 spiro atoms. The standard InChI is InChI=1S/C23H15ClF2N4O3S/c24-15-8-7-13-4-1-2-5-14(13)21(15)33-22-17(26)9-10-19-20(22)29-23(30-34(19,31)32)28-12-18-16(25)6-3-11-27-18/h1-11H,12H2,(H2,28,29,30). The first-order valence-electron chi connectivity index (χ1n) is 9.95. The fraction of sp³-hybridized carbons (Fsp3) is 0.0435. The lowest BCUT2D eigenvalue weighted by Crippen LogP contribution is -2.41. The molecule has 2 N–H and O–H groups in total. The van der Waals surface area contributed by atoms with Crippen molar-refractivity contribution in [3.8, 4) is 11.5 Å². The van der Waals surface area contributed by atoms with E-state index in [0.717, 1.165) is 17.5 Å². The van der Waals surface area contributed by atoms with Crippen molar-refractivity contribution in [2.45, 2.75) is 11.4 Å². The molecule has 11 heteroatoms. The van der Waals surface area contributed by atoms with Gasteiger partial charge in [-0.3, -0.25) is 4.98 Å². The Labute approximate surface area is 198 Å². The van der Waals surface area contributed by atoms with Crippen molar-refractivity contribution in [3.63, 3.8) is 0 Å². The predicted octanol–water partition coefficient (Wildman–Crippen LogP) is 5.22. The molecule has 1 aliphatic heterocycles. The Morgan fingerprint density at radius 3 is 2.62 bits per heavy atom. The molecule has 1 aromatic heterocycles. The van der Waals surface area contributed by atoms with Crippen LogP contribution in [0.15, 0.2) is 76.7 Å². The maximum absolute atomic E-state index is 15.0. The largest absolute Gasteiger partial charge is 0.450 e. The molecule has 3 aromatic carbocycles. The van der Waals surface area contributed by atoms with E-state index < -0.39 is 21.7 Å². The summed E-state index contributed by atoms with van der Waals surface area (Å²) in [6.45, 7) is -0.256. The van der Waals surface area contributed by atoms with E-state index in [4.69, 9.17) is 16.3 Å². The van der Waals surface area contributed by atoms with E-state index in [2.05, 4.69) is 20.0 Å². The Bertz CT molecular complexity index is 1580. The van der Waals surface area contributed by atoms with Crippen LogP contribution in [0.3, 0.4) is 0 Å². The van der Waals surface area contributed by atoms with E-state index in [-0.39, 0.29) is 45.3 Å². The number of sulfonamides is 1. The molecular formula is C23H15ClF2N4O3S. The number of aromatic nitrogens is 1. The summed E-state index contributed by atoms with van der Waals surface area (Å²) in [4.78, 5) is 7.70. The third-order valence-electron chi connectivity index (χ3n) is 5.09. The zero-order valence-corrected chi connectivity index (χ0v) is 18.8. The number of pyridine rings is 1. The zero-order chi connectivity index (χ0) is 23.9. The molecule has 0 aliphatic carbocycles.